The van der Waals surface area contributed by atoms with Gasteiger partial charge in [-0.05, 0) is 68.7 Å². The molecule has 0 aliphatic rings. The molecule has 0 bridgehead atoms. The highest BCUT2D eigenvalue weighted by Crippen LogP contribution is 2.20. The molecule has 1 heterocycles. The Bertz CT molecular complexity index is 1010. The SMILES string of the molecule is COc1ccc(NC(=O)[C@@H](C)OC(=O)/C(C#N)=C/c2cc(C)n(CC(C)C)c2C)cc1. The molecule has 0 aliphatic heterocycles. The molecular formula is C24H29N3O4. The second kappa shape index (κ2) is 10.5. The minimum Gasteiger partial charge on any atom is -0.497 e. The maximum Gasteiger partial charge on any atom is 0.349 e. The van der Waals surface area contributed by atoms with Crippen LogP contribution in [0.1, 0.15) is 37.7 Å². The Labute approximate surface area is 183 Å². The standard InChI is InChI=1S/C24H29N3O4/c1-15(2)14-27-16(3)11-19(17(27)4)12-20(13-25)24(29)31-18(5)23(28)26-21-7-9-22(30-6)10-8-21/h7-12,15,18H,14H2,1-6H3,(H,26,28)/b20-12+/t18-/m1/s1. The minimum atomic E-state index is -1.07. The van der Waals surface area contributed by atoms with Crippen LogP contribution in [0.2, 0.25) is 0 Å². The maximum atomic E-state index is 12.5. The van der Waals surface area contributed by atoms with Crippen molar-refractivity contribution >= 4 is 23.6 Å². The van der Waals surface area contributed by atoms with Crippen molar-refractivity contribution in [3.63, 3.8) is 0 Å². The van der Waals surface area contributed by atoms with E-state index in [1.54, 1.807) is 31.4 Å². The Morgan fingerprint density at radius 1 is 1.19 bits per heavy atom. The fraction of sp³-hybridized carbons (Fsp3) is 0.375. The quantitative estimate of drug-likeness (QED) is 0.389. The zero-order valence-corrected chi connectivity index (χ0v) is 18.9. The molecule has 0 saturated carbocycles. The van der Waals surface area contributed by atoms with Crippen LogP contribution in [0.15, 0.2) is 35.9 Å². The van der Waals surface area contributed by atoms with Crippen LogP contribution >= 0.6 is 0 Å². The average molecular weight is 424 g/mol. The van der Waals surface area contributed by atoms with E-state index in [4.69, 9.17) is 9.47 Å². The van der Waals surface area contributed by atoms with Crippen LogP contribution in [-0.2, 0) is 20.9 Å². The number of nitriles is 1. The minimum absolute atomic E-state index is 0.158. The Morgan fingerprint density at radius 3 is 2.39 bits per heavy atom. The van der Waals surface area contributed by atoms with Crippen LogP contribution in [0.4, 0.5) is 5.69 Å². The number of amides is 1. The third-order valence-corrected chi connectivity index (χ3v) is 4.81. The average Bonchev–Trinajstić information content (AvgIpc) is 2.99. The molecule has 7 nitrogen and oxygen atoms in total. The van der Waals surface area contributed by atoms with Crippen molar-refractivity contribution in [1.29, 1.82) is 5.26 Å². The van der Waals surface area contributed by atoms with Gasteiger partial charge in [0.05, 0.1) is 7.11 Å². The first kappa shape index (κ1) is 23.7. The number of methoxy groups -OCH3 is 1. The lowest BCUT2D eigenvalue weighted by Gasteiger charge is -2.13. The summed E-state index contributed by atoms with van der Waals surface area (Å²) in [6.07, 6.45) is 0.440. The largest absolute Gasteiger partial charge is 0.497 e. The molecular weight excluding hydrogens is 394 g/mol. The number of hydrogen-bond acceptors (Lipinski definition) is 5. The summed E-state index contributed by atoms with van der Waals surface area (Å²) in [5.41, 5.74) is 3.19. The lowest BCUT2D eigenvalue weighted by atomic mass is 10.1. The number of nitrogens with zero attached hydrogens (tertiary/aromatic N) is 2. The fourth-order valence-electron chi connectivity index (χ4n) is 3.11. The maximum absolute atomic E-state index is 12.5. The first-order chi connectivity index (χ1) is 14.7. The third kappa shape index (κ3) is 6.22. The van der Waals surface area contributed by atoms with Crippen LogP contribution in [0.3, 0.4) is 0 Å². The van der Waals surface area contributed by atoms with Crippen molar-refractivity contribution in [3.8, 4) is 11.8 Å². The molecule has 0 saturated heterocycles. The van der Waals surface area contributed by atoms with Gasteiger partial charge in [0.2, 0.25) is 0 Å². The number of esters is 1. The Kier molecular flexibility index (Phi) is 8.03. The summed E-state index contributed by atoms with van der Waals surface area (Å²) >= 11 is 0. The fourth-order valence-corrected chi connectivity index (χ4v) is 3.11. The van der Waals surface area contributed by atoms with Crippen LogP contribution in [0.5, 0.6) is 5.75 Å². The molecule has 2 rings (SSSR count). The van der Waals surface area contributed by atoms with Gasteiger partial charge < -0.3 is 19.4 Å². The predicted molar refractivity (Wildman–Crippen MR) is 120 cm³/mol. The molecule has 1 atom stereocenters. The van der Waals surface area contributed by atoms with E-state index in [1.165, 1.54) is 13.0 Å². The van der Waals surface area contributed by atoms with Crippen LogP contribution < -0.4 is 10.1 Å². The molecule has 1 aromatic carbocycles. The lowest BCUT2D eigenvalue weighted by molar-refractivity contribution is -0.148. The first-order valence-electron chi connectivity index (χ1n) is 10.1. The molecule has 31 heavy (non-hydrogen) atoms. The van der Waals surface area contributed by atoms with Gasteiger partial charge in [-0.2, -0.15) is 5.26 Å². The predicted octanol–water partition coefficient (Wildman–Crippen LogP) is 4.25. The summed E-state index contributed by atoms with van der Waals surface area (Å²) in [5, 5.41) is 12.1. The van der Waals surface area contributed by atoms with E-state index < -0.39 is 18.0 Å². The Morgan fingerprint density at radius 2 is 1.84 bits per heavy atom. The normalized spacial score (nSPS) is 12.3. The van der Waals surface area contributed by atoms with E-state index in [0.717, 1.165) is 23.5 Å². The van der Waals surface area contributed by atoms with Gasteiger partial charge in [-0.1, -0.05) is 13.8 Å². The molecule has 1 aromatic heterocycles. The highest BCUT2D eigenvalue weighted by molar-refractivity contribution is 6.01. The van der Waals surface area contributed by atoms with Crippen LogP contribution in [-0.4, -0.2) is 29.7 Å². The van der Waals surface area contributed by atoms with Gasteiger partial charge in [-0.15, -0.1) is 0 Å². The Hall–Kier alpha value is -3.53. The number of benzene rings is 1. The van der Waals surface area contributed by atoms with Gasteiger partial charge >= 0.3 is 5.97 Å². The number of nitrogens with one attached hydrogen (secondary N) is 1. The molecule has 0 fully saturated rings. The summed E-state index contributed by atoms with van der Waals surface area (Å²) in [5.74, 6) is -0.208. The zero-order chi connectivity index (χ0) is 23.1. The number of ether oxygens (including phenoxy) is 2. The van der Waals surface area contributed by atoms with Gasteiger partial charge in [-0.3, -0.25) is 4.79 Å². The smallest absolute Gasteiger partial charge is 0.349 e. The van der Waals surface area contributed by atoms with Gasteiger partial charge in [0.1, 0.15) is 17.4 Å². The van der Waals surface area contributed by atoms with Crippen LogP contribution in [0.25, 0.3) is 6.08 Å². The molecule has 0 unspecified atom stereocenters. The summed E-state index contributed by atoms with van der Waals surface area (Å²) in [6, 6.07) is 10.6. The summed E-state index contributed by atoms with van der Waals surface area (Å²) < 4.78 is 12.5. The van der Waals surface area contributed by atoms with Gasteiger partial charge in [0, 0.05) is 23.6 Å². The molecule has 2 aromatic rings. The van der Waals surface area contributed by atoms with E-state index in [-0.39, 0.29) is 5.57 Å². The molecule has 0 radical (unpaired) electrons. The second-order valence-electron chi connectivity index (χ2n) is 7.77. The van der Waals surface area contributed by atoms with Crippen LogP contribution in [0, 0.1) is 31.1 Å². The number of rotatable bonds is 8. The van der Waals surface area contributed by atoms with Crippen molar-refractivity contribution in [2.75, 3.05) is 12.4 Å². The van der Waals surface area contributed by atoms with Crippen molar-refractivity contribution in [2.45, 2.75) is 47.3 Å². The zero-order valence-electron chi connectivity index (χ0n) is 18.9. The molecule has 1 N–H and O–H groups in total. The molecule has 1 amide bonds. The van der Waals surface area contributed by atoms with Crippen molar-refractivity contribution < 1.29 is 19.1 Å². The van der Waals surface area contributed by atoms with Crippen molar-refractivity contribution in [2.24, 2.45) is 5.92 Å². The monoisotopic (exact) mass is 423 g/mol. The first-order valence-corrected chi connectivity index (χ1v) is 10.1. The van der Waals surface area contributed by atoms with E-state index in [2.05, 4.69) is 23.7 Å². The lowest BCUT2D eigenvalue weighted by Crippen LogP contribution is -2.30. The summed E-state index contributed by atoms with van der Waals surface area (Å²) in [6.45, 7) is 10.5. The number of carbonyl (C=O) groups excluding carboxylic acids is 2. The summed E-state index contributed by atoms with van der Waals surface area (Å²) in [7, 11) is 1.55. The van der Waals surface area contributed by atoms with Crippen molar-refractivity contribution in [3.05, 3.63) is 52.9 Å². The highest BCUT2D eigenvalue weighted by Gasteiger charge is 2.21. The van der Waals surface area contributed by atoms with E-state index >= 15 is 0 Å². The molecule has 7 heteroatoms. The van der Waals surface area contributed by atoms with E-state index in [0.29, 0.717) is 17.4 Å². The van der Waals surface area contributed by atoms with Gasteiger partial charge in [0.25, 0.3) is 5.91 Å². The van der Waals surface area contributed by atoms with Crippen molar-refractivity contribution in [1.82, 2.24) is 4.57 Å². The highest BCUT2D eigenvalue weighted by atomic mass is 16.5. The Balaban J connectivity index is 2.09. The number of aryl methyl sites for hydroxylation is 1. The van der Waals surface area contributed by atoms with E-state index in [1.807, 2.05) is 26.0 Å². The number of hydrogen-bond donors (Lipinski definition) is 1. The van der Waals surface area contributed by atoms with E-state index in [9.17, 15) is 14.9 Å². The number of carbonyl (C=O) groups is 2. The van der Waals surface area contributed by atoms with Gasteiger partial charge in [0.15, 0.2) is 6.10 Å². The summed E-state index contributed by atoms with van der Waals surface area (Å²) in [4.78, 5) is 24.8. The number of anilines is 1. The second-order valence-corrected chi connectivity index (χ2v) is 7.77. The van der Waals surface area contributed by atoms with Gasteiger partial charge in [-0.25, -0.2) is 4.79 Å². The third-order valence-electron chi connectivity index (χ3n) is 4.81. The molecule has 0 spiro atoms. The topological polar surface area (TPSA) is 93.3 Å². The molecule has 164 valence electrons. The molecule has 0 aliphatic carbocycles. The number of aromatic nitrogens is 1.